The van der Waals surface area contributed by atoms with Gasteiger partial charge in [-0.05, 0) is 28.9 Å². The van der Waals surface area contributed by atoms with Crippen molar-refractivity contribution < 1.29 is 13.9 Å². The Kier molecular flexibility index (Phi) is 3.11. The van der Waals surface area contributed by atoms with E-state index < -0.39 is 5.97 Å². The molecule has 2 aromatic heterocycles. The average Bonchev–Trinajstić information content (AvgIpc) is 2.83. The number of nitrogens with zero attached hydrogens (tertiary/aromatic N) is 1. The smallest absolute Gasteiger partial charge is 0.357 e. The molecule has 0 bridgehead atoms. The van der Waals surface area contributed by atoms with E-state index in [0.29, 0.717) is 16.5 Å². The Bertz CT molecular complexity index is 532. The normalized spacial score (nSPS) is 10.4. The summed E-state index contributed by atoms with van der Waals surface area (Å²) in [7, 11) is 1.34. The lowest BCUT2D eigenvalue weighted by molar-refractivity contribution is 0.0594. The van der Waals surface area contributed by atoms with Crippen LogP contribution in [0.4, 0.5) is 0 Å². The Labute approximate surface area is 104 Å². The van der Waals surface area contributed by atoms with Crippen LogP contribution in [0.2, 0.25) is 0 Å². The van der Waals surface area contributed by atoms with E-state index in [-0.39, 0.29) is 0 Å². The maximum atomic E-state index is 11.4. The lowest BCUT2D eigenvalue weighted by Gasteiger charge is -1.93. The summed E-state index contributed by atoms with van der Waals surface area (Å²) in [5.74, 6) is 0.200. The van der Waals surface area contributed by atoms with E-state index in [1.807, 2.05) is 6.92 Å². The van der Waals surface area contributed by atoms with Crippen molar-refractivity contribution in [2.24, 2.45) is 0 Å². The molecule has 0 unspecified atom stereocenters. The van der Waals surface area contributed by atoms with Crippen molar-refractivity contribution in [3.8, 4) is 10.8 Å². The van der Waals surface area contributed by atoms with Crippen LogP contribution in [0.5, 0.6) is 0 Å². The molecule has 0 amide bonds. The summed E-state index contributed by atoms with van der Waals surface area (Å²) in [6.07, 6.45) is 1.56. The van der Waals surface area contributed by atoms with Crippen LogP contribution in [0.15, 0.2) is 21.2 Å². The van der Waals surface area contributed by atoms with Crippen LogP contribution >= 0.6 is 27.3 Å². The number of carbonyl (C=O) groups is 1. The van der Waals surface area contributed by atoms with Crippen LogP contribution in [-0.4, -0.2) is 18.1 Å². The number of hydrogen-bond donors (Lipinski definition) is 0. The van der Waals surface area contributed by atoms with Gasteiger partial charge >= 0.3 is 5.97 Å². The number of ether oxygens (including phenoxy) is 1. The van der Waals surface area contributed by atoms with Crippen LogP contribution in [-0.2, 0) is 4.74 Å². The van der Waals surface area contributed by atoms with Gasteiger partial charge in [-0.3, -0.25) is 0 Å². The van der Waals surface area contributed by atoms with E-state index in [4.69, 9.17) is 4.42 Å². The molecule has 0 fully saturated rings. The summed E-state index contributed by atoms with van der Waals surface area (Å²) in [4.78, 5) is 16.4. The number of thiazole rings is 1. The highest BCUT2D eigenvalue weighted by Gasteiger charge is 2.19. The summed E-state index contributed by atoms with van der Waals surface area (Å²) in [5, 5.41) is 0.662. The fraction of sp³-hybridized carbons (Fsp3) is 0.200. The molecule has 16 heavy (non-hydrogen) atoms. The van der Waals surface area contributed by atoms with Gasteiger partial charge in [0, 0.05) is 4.88 Å². The summed E-state index contributed by atoms with van der Waals surface area (Å²) in [6, 6.07) is 1.78. The molecule has 0 aliphatic heterocycles. The van der Waals surface area contributed by atoms with Gasteiger partial charge in [0.2, 0.25) is 0 Å². The first-order valence-electron chi connectivity index (χ1n) is 4.42. The molecule has 2 aromatic rings. The molecule has 0 atom stereocenters. The average molecular weight is 302 g/mol. The van der Waals surface area contributed by atoms with Gasteiger partial charge in [0.05, 0.1) is 17.8 Å². The summed E-state index contributed by atoms with van der Waals surface area (Å²) in [6.45, 7) is 1.82. The first-order chi connectivity index (χ1) is 7.63. The highest BCUT2D eigenvalue weighted by Crippen LogP contribution is 2.33. The van der Waals surface area contributed by atoms with Crippen LogP contribution in [0, 0.1) is 6.92 Å². The minimum atomic E-state index is -0.428. The fourth-order valence-corrected chi connectivity index (χ4v) is 2.65. The van der Waals surface area contributed by atoms with Gasteiger partial charge in [-0.15, -0.1) is 11.3 Å². The van der Waals surface area contributed by atoms with Gasteiger partial charge in [-0.1, -0.05) is 0 Å². The molecule has 0 radical (unpaired) electrons. The topological polar surface area (TPSA) is 52.3 Å². The number of furan rings is 1. The summed E-state index contributed by atoms with van der Waals surface area (Å²) >= 11 is 4.74. The number of rotatable bonds is 2. The van der Waals surface area contributed by atoms with E-state index in [1.165, 1.54) is 18.4 Å². The molecule has 0 saturated heterocycles. The molecule has 84 valence electrons. The molecule has 0 aliphatic rings. The Morgan fingerprint density at radius 3 is 2.94 bits per heavy atom. The van der Waals surface area contributed by atoms with E-state index in [1.54, 1.807) is 12.3 Å². The first kappa shape index (κ1) is 11.3. The van der Waals surface area contributed by atoms with Gasteiger partial charge in [-0.25, -0.2) is 9.78 Å². The van der Waals surface area contributed by atoms with Gasteiger partial charge in [0.25, 0.3) is 0 Å². The number of methoxy groups -OCH3 is 1. The molecule has 4 nitrogen and oxygen atoms in total. The first-order valence-corrected chi connectivity index (χ1v) is 6.03. The van der Waals surface area contributed by atoms with Crippen LogP contribution in [0.25, 0.3) is 10.8 Å². The third-order valence-corrected chi connectivity index (χ3v) is 3.58. The van der Waals surface area contributed by atoms with Crippen molar-refractivity contribution in [1.29, 1.82) is 0 Å². The van der Waals surface area contributed by atoms with Gasteiger partial charge in [-0.2, -0.15) is 0 Å². The zero-order chi connectivity index (χ0) is 11.7. The minimum absolute atomic E-state index is 0.339. The predicted molar refractivity (Wildman–Crippen MR) is 63.6 cm³/mol. The number of hydrogen-bond acceptors (Lipinski definition) is 5. The maximum absolute atomic E-state index is 11.4. The second-order valence-electron chi connectivity index (χ2n) is 3.01. The molecule has 2 heterocycles. The lowest BCUT2D eigenvalue weighted by Crippen LogP contribution is -2.03. The van der Waals surface area contributed by atoms with Crippen molar-refractivity contribution in [1.82, 2.24) is 4.98 Å². The number of esters is 1. The van der Waals surface area contributed by atoms with Gasteiger partial charge < -0.3 is 9.15 Å². The van der Waals surface area contributed by atoms with E-state index in [2.05, 4.69) is 25.7 Å². The number of halogens is 1. The van der Waals surface area contributed by atoms with Crippen molar-refractivity contribution in [3.05, 3.63) is 27.4 Å². The number of aryl methyl sites for hydroxylation is 1. The minimum Gasteiger partial charge on any atom is -0.464 e. The van der Waals surface area contributed by atoms with Gasteiger partial charge in [0.15, 0.2) is 16.5 Å². The Balaban J connectivity index is 2.46. The van der Waals surface area contributed by atoms with Crippen molar-refractivity contribution >= 4 is 33.2 Å². The Hall–Kier alpha value is -1.14. The second kappa shape index (κ2) is 4.39. The molecule has 6 heteroatoms. The maximum Gasteiger partial charge on any atom is 0.357 e. The van der Waals surface area contributed by atoms with E-state index >= 15 is 0 Å². The third-order valence-electron chi connectivity index (χ3n) is 1.99. The number of carbonyl (C=O) groups excluding carboxylic acids is 1. The summed E-state index contributed by atoms with van der Waals surface area (Å²) < 4.78 is 10.7. The molecular formula is C10H8BrNO3S. The molecule has 0 N–H and O–H groups in total. The van der Waals surface area contributed by atoms with Crippen LogP contribution in [0.1, 0.15) is 15.4 Å². The predicted octanol–water partition coefficient (Wildman–Crippen LogP) is 3.26. The van der Waals surface area contributed by atoms with E-state index in [0.717, 1.165) is 9.35 Å². The third kappa shape index (κ3) is 1.90. The van der Waals surface area contributed by atoms with E-state index in [9.17, 15) is 4.79 Å². The van der Waals surface area contributed by atoms with Gasteiger partial charge in [0.1, 0.15) is 0 Å². The quantitative estimate of drug-likeness (QED) is 0.799. The zero-order valence-electron chi connectivity index (χ0n) is 8.61. The van der Waals surface area contributed by atoms with Crippen molar-refractivity contribution in [2.45, 2.75) is 6.92 Å². The fourth-order valence-electron chi connectivity index (χ4n) is 1.23. The zero-order valence-corrected chi connectivity index (χ0v) is 11.0. The monoisotopic (exact) mass is 301 g/mol. The molecule has 2 rings (SSSR count). The van der Waals surface area contributed by atoms with Crippen LogP contribution in [0.3, 0.4) is 0 Å². The van der Waals surface area contributed by atoms with Crippen LogP contribution < -0.4 is 0 Å². The molecule has 0 aromatic carbocycles. The number of aromatic nitrogens is 1. The molecule has 0 saturated carbocycles. The van der Waals surface area contributed by atoms with Crippen molar-refractivity contribution in [2.75, 3.05) is 7.11 Å². The highest BCUT2D eigenvalue weighted by atomic mass is 79.9. The summed E-state index contributed by atoms with van der Waals surface area (Å²) in [5.41, 5.74) is 0.339. The standard InChI is InChI=1S/C10H8BrNO3S/c1-5-7(10(13)14-2)12-9(16-5)8-6(11)3-4-15-8/h3-4H,1-2H3. The SMILES string of the molecule is COC(=O)c1nc(-c2occc2Br)sc1C. The largest absolute Gasteiger partial charge is 0.464 e. The highest BCUT2D eigenvalue weighted by molar-refractivity contribution is 9.10. The second-order valence-corrected chi connectivity index (χ2v) is 5.07. The Morgan fingerprint density at radius 1 is 1.62 bits per heavy atom. The molecule has 0 spiro atoms. The van der Waals surface area contributed by atoms with Crippen molar-refractivity contribution in [3.63, 3.8) is 0 Å². The molecular weight excluding hydrogens is 294 g/mol. The Morgan fingerprint density at radius 2 is 2.38 bits per heavy atom. The lowest BCUT2D eigenvalue weighted by atomic mass is 10.4. The molecule has 0 aliphatic carbocycles.